The van der Waals surface area contributed by atoms with Gasteiger partial charge in [0, 0.05) is 16.6 Å². The second-order valence-electron chi connectivity index (χ2n) is 8.47. The van der Waals surface area contributed by atoms with Gasteiger partial charge in [-0.15, -0.1) is 0 Å². The fourth-order valence-corrected chi connectivity index (χ4v) is 4.23. The fraction of sp³-hybridized carbons (Fsp3) is 0.280. The predicted octanol–water partition coefficient (Wildman–Crippen LogP) is 3.59. The molecule has 0 bridgehead atoms. The monoisotopic (exact) mass is 502 g/mol. The Balaban J connectivity index is 1.54. The molecule has 2 atom stereocenters. The summed E-state index contributed by atoms with van der Waals surface area (Å²) in [6.07, 6.45) is -4.94. The summed E-state index contributed by atoms with van der Waals surface area (Å²) in [5, 5.41) is 12.0. The van der Waals surface area contributed by atoms with Crippen LogP contribution in [0.2, 0.25) is 0 Å². The van der Waals surface area contributed by atoms with E-state index in [-0.39, 0.29) is 48.4 Å². The van der Waals surface area contributed by atoms with E-state index in [9.17, 15) is 32.3 Å². The number of carbonyl (C=O) groups is 3. The van der Waals surface area contributed by atoms with Gasteiger partial charge < -0.3 is 20.1 Å². The smallest absolute Gasteiger partial charge is 0.417 e. The maximum atomic E-state index is 13.4. The first kappa shape index (κ1) is 25.0. The number of hydrogen-bond donors (Lipinski definition) is 3. The fourth-order valence-electron chi connectivity index (χ4n) is 4.23. The Morgan fingerprint density at radius 1 is 1.06 bits per heavy atom. The molecule has 1 aliphatic heterocycles. The Bertz CT molecular complexity index is 1400. The van der Waals surface area contributed by atoms with Gasteiger partial charge in [0.05, 0.1) is 30.4 Å². The molecule has 1 saturated heterocycles. The van der Waals surface area contributed by atoms with Crippen LogP contribution < -0.4 is 10.9 Å². The summed E-state index contributed by atoms with van der Waals surface area (Å²) in [5.74, 6) is -2.75. The topological polar surface area (TPSA) is 126 Å². The van der Waals surface area contributed by atoms with Crippen LogP contribution in [0.25, 0.3) is 22.0 Å². The van der Waals surface area contributed by atoms with Crippen LogP contribution in [-0.4, -0.2) is 40.6 Å². The molecule has 1 aliphatic rings. The second kappa shape index (κ2) is 9.84. The average molecular weight is 502 g/mol. The summed E-state index contributed by atoms with van der Waals surface area (Å²) in [6.45, 7) is -0.114. The van der Waals surface area contributed by atoms with Gasteiger partial charge in [0.25, 0.3) is 5.56 Å². The number of aliphatic carboxylic acids is 1. The predicted molar refractivity (Wildman–Crippen MR) is 122 cm³/mol. The van der Waals surface area contributed by atoms with Crippen LogP contribution in [0.4, 0.5) is 13.2 Å². The highest BCUT2D eigenvalue weighted by Crippen LogP contribution is 2.37. The molecule has 1 amide bonds. The molecule has 1 aromatic heterocycles. The van der Waals surface area contributed by atoms with Gasteiger partial charge in [0.15, 0.2) is 0 Å². The van der Waals surface area contributed by atoms with Gasteiger partial charge in [-0.05, 0) is 35.6 Å². The number of pyridine rings is 1. The van der Waals surface area contributed by atoms with Crippen LogP contribution in [-0.2, 0) is 25.3 Å². The van der Waals surface area contributed by atoms with Gasteiger partial charge >= 0.3 is 18.1 Å². The summed E-state index contributed by atoms with van der Waals surface area (Å²) in [6, 6.07) is 10.7. The van der Waals surface area contributed by atoms with Crippen molar-refractivity contribution in [2.75, 3.05) is 6.61 Å². The lowest BCUT2D eigenvalue weighted by molar-refractivity contribution is -0.148. The first-order valence-electron chi connectivity index (χ1n) is 11.0. The van der Waals surface area contributed by atoms with Gasteiger partial charge in [-0.1, -0.05) is 30.3 Å². The van der Waals surface area contributed by atoms with Crippen molar-refractivity contribution in [1.29, 1.82) is 0 Å². The van der Waals surface area contributed by atoms with Crippen LogP contribution >= 0.6 is 0 Å². The first-order chi connectivity index (χ1) is 17.0. The number of alkyl halides is 3. The van der Waals surface area contributed by atoms with Crippen molar-refractivity contribution in [3.8, 4) is 11.3 Å². The Kier molecular flexibility index (Phi) is 6.82. The minimum absolute atomic E-state index is 0.0246. The number of benzene rings is 2. The minimum Gasteiger partial charge on any atom is -0.481 e. The third-order valence-electron chi connectivity index (χ3n) is 5.97. The molecule has 0 spiro atoms. The molecule has 11 heteroatoms. The number of nitrogens with one attached hydrogen (secondary N) is 2. The molecule has 2 aromatic carbocycles. The van der Waals surface area contributed by atoms with Gasteiger partial charge in [-0.25, -0.2) is 0 Å². The van der Waals surface area contributed by atoms with E-state index in [1.807, 2.05) is 0 Å². The third kappa shape index (κ3) is 5.40. The number of carbonyl (C=O) groups excluding carboxylic acids is 2. The summed E-state index contributed by atoms with van der Waals surface area (Å²) in [5.41, 5.74) is -1.05. The number of aromatic nitrogens is 1. The zero-order valence-electron chi connectivity index (χ0n) is 18.7. The lowest BCUT2D eigenvalue weighted by Gasteiger charge is -2.14. The first-order valence-corrected chi connectivity index (χ1v) is 11.0. The van der Waals surface area contributed by atoms with E-state index in [0.29, 0.717) is 10.9 Å². The van der Waals surface area contributed by atoms with E-state index < -0.39 is 41.2 Å². The Labute approximate surface area is 202 Å². The quantitative estimate of drug-likeness (QED) is 0.424. The van der Waals surface area contributed by atoms with E-state index in [4.69, 9.17) is 9.84 Å². The van der Waals surface area contributed by atoms with Gasteiger partial charge in [-0.3, -0.25) is 19.2 Å². The summed E-state index contributed by atoms with van der Waals surface area (Å²) in [7, 11) is 0. The highest BCUT2D eigenvalue weighted by atomic mass is 19.4. The number of carboxylic acid groups (broad SMARTS) is 1. The van der Waals surface area contributed by atoms with E-state index in [2.05, 4.69) is 10.3 Å². The number of esters is 1. The number of halogens is 3. The van der Waals surface area contributed by atoms with E-state index in [1.54, 1.807) is 12.1 Å². The second-order valence-corrected chi connectivity index (χ2v) is 8.47. The molecular weight excluding hydrogens is 481 g/mol. The molecule has 36 heavy (non-hydrogen) atoms. The van der Waals surface area contributed by atoms with E-state index in [0.717, 1.165) is 6.07 Å². The van der Waals surface area contributed by atoms with Gasteiger partial charge in [0.1, 0.15) is 6.61 Å². The number of hydrogen-bond acceptors (Lipinski definition) is 5. The van der Waals surface area contributed by atoms with Crippen LogP contribution in [0.5, 0.6) is 0 Å². The Morgan fingerprint density at radius 2 is 1.81 bits per heavy atom. The Morgan fingerprint density at radius 3 is 2.53 bits per heavy atom. The molecule has 3 aromatic rings. The zero-order chi connectivity index (χ0) is 26.0. The summed E-state index contributed by atoms with van der Waals surface area (Å²) in [4.78, 5) is 50.0. The number of amides is 1. The van der Waals surface area contributed by atoms with Crippen molar-refractivity contribution in [2.45, 2.75) is 37.4 Å². The van der Waals surface area contributed by atoms with Crippen molar-refractivity contribution >= 4 is 28.6 Å². The van der Waals surface area contributed by atoms with Crippen LogP contribution in [0, 0.1) is 0 Å². The molecule has 4 rings (SSSR count). The standard InChI is InChI=1S/C25H21F3N2O6/c26-25(27,28)19-4-2-1-3-16(19)20-10-14-6-5-13(9-17(14)24(35)30-20)18-11-15(29-23(18)34)12-36-22(33)8-7-21(31)32/h1-6,9-10,15,18H,7-8,11-12H2,(H,29,34)(H,30,35)(H,31,32)/t15?,18-/m1/s1. The average Bonchev–Trinajstić information content (AvgIpc) is 3.21. The molecule has 188 valence electrons. The summed E-state index contributed by atoms with van der Waals surface area (Å²) >= 11 is 0. The van der Waals surface area contributed by atoms with E-state index >= 15 is 0 Å². The van der Waals surface area contributed by atoms with Gasteiger partial charge in [-0.2, -0.15) is 13.2 Å². The zero-order valence-corrected chi connectivity index (χ0v) is 18.7. The molecular formula is C25H21F3N2O6. The molecule has 2 heterocycles. The minimum atomic E-state index is -4.59. The molecule has 0 aliphatic carbocycles. The Hall–Kier alpha value is -4.15. The number of ether oxygens (including phenoxy) is 1. The lowest BCUT2D eigenvalue weighted by atomic mass is 9.93. The van der Waals surface area contributed by atoms with Crippen molar-refractivity contribution in [3.63, 3.8) is 0 Å². The van der Waals surface area contributed by atoms with Crippen molar-refractivity contribution < 1.29 is 37.4 Å². The van der Waals surface area contributed by atoms with Crippen molar-refractivity contribution in [2.24, 2.45) is 0 Å². The van der Waals surface area contributed by atoms with Crippen LogP contribution in [0.1, 0.15) is 36.3 Å². The van der Waals surface area contributed by atoms with Crippen LogP contribution in [0.15, 0.2) is 53.3 Å². The number of aromatic amines is 1. The maximum Gasteiger partial charge on any atom is 0.417 e. The highest BCUT2D eigenvalue weighted by Gasteiger charge is 2.35. The number of carboxylic acids is 1. The molecule has 1 fully saturated rings. The van der Waals surface area contributed by atoms with Crippen molar-refractivity contribution in [1.82, 2.24) is 10.3 Å². The molecule has 8 nitrogen and oxygen atoms in total. The van der Waals surface area contributed by atoms with Crippen LogP contribution in [0.3, 0.4) is 0 Å². The number of fused-ring (bicyclic) bond motifs is 1. The molecule has 0 radical (unpaired) electrons. The number of rotatable bonds is 7. The molecule has 1 unspecified atom stereocenters. The van der Waals surface area contributed by atoms with Crippen molar-refractivity contribution in [3.05, 3.63) is 70.0 Å². The van der Waals surface area contributed by atoms with E-state index in [1.165, 1.54) is 30.3 Å². The normalized spacial score (nSPS) is 17.7. The maximum absolute atomic E-state index is 13.4. The lowest BCUT2D eigenvalue weighted by Crippen LogP contribution is -2.31. The SMILES string of the molecule is O=C(O)CCC(=O)OCC1C[C@H](c2ccc3cc(-c4ccccc4C(F)(F)F)[nH]c(=O)c3c2)C(=O)N1. The largest absolute Gasteiger partial charge is 0.481 e. The number of H-pyrrole nitrogens is 1. The molecule has 3 N–H and O–H groups in total. The summed E-state index contributed by atoms with van der Waals surface area (Å²) < 4.78 is 45.3. The van der Waals surface area contributed by atoms with Gasteiger partial charge in [0.2, 0.25) is 5.91 Å². The highest BCUT2D eigenvalue weighted by molar-refractivity contribution is 5.90. The molecule has 0 saturated carbocycles. The third-order valence-corrected chi connectivity index (χ3v) is 5.97.